The highest BCUT2D eigenvalue weighted by molar-refractivity contribution is 9.10. The molecule has 6 nitrogen and oxygen atoms in total. The van der Waals surface area contributed by atoms with Crippen molar-refractivity contribution in [1.29, 1.82) is 0 Å². The van der Waals surface area contributed by atoms with Gasteiger partial charge in [0.25, 0.3) is 10.0 Å². The first-order valence-corrected chi connectivity index (χ1v) is 8.16. The lowest BCUT2D eigenvalue weighted by Gasteiger charge is -2.26. The number of sulfonamides is 1. The van der Waals surface area contributed by atoms with Crippen molar-refractivity contribution in [2.45, 2.75) is 37.8 Å². The van der Waals surface area contributed by atoms with Gasteiger partial charge >= 0.3 is 0 Å². The topological polar surface area (TPSA) is 68.1 Å². The van der Waals surface area contributed by atoms with E-state index in [4.69, 9.17) is 0 Å². The van der Waals surface area contributed by atoms with E-state index in [-0.39, 0.29) is 15.7 Å². The molecule has 2 heterocycles. The number of nitrogens with zero attached hydrogens (tertiary/aromatic N) is 4. The molecule has 2 rings (SSSR count). The Bertz CT molecular complexity index is 521. The van der Waals surface area contributed by atoms with Crippen molar-refractivity contribution >= 4 is 26.0 Å². The van der Waals surface area contributed by atoms with Crippen LogP contribution in [-0.2, 0) is 17.1 Å². The number of hydrogen-bond donors (Lipinski definition) is 0. The molecule has 0 amide bonds. The number of rotatable bonds is 3. The van der Waals surface area contributed by atoms with Crippen LogP contribution in [0.2, 0.25) is 0 Å². The minimum Gasteiger partial charge on any atom is -0.235 e. The normalized spacial score (nSPS) is 21.9. The highest BCUT2D eigenvalue weighted by Gasteiger charge is 2.39. The van der Waals surface area contributed by atoms with Crippen molar-refractivity contribution in [3.63, 3.8) is 0 Å². The summed E-state index contributed by atoms with van der Waals surface area (Å²) in [7, 11) is -1.94. The Hall–Kier alpha value is -0.470. The standard InChI is InChI=1S/C10H17BrN4O2S/c1-7(2)8-5-4-6-15(8)18(16,17)10-9(11)12-13-14(10)3/h7-8H,4-6H2,1-3H3. The highest BCUT2D eigenvalue weighted by Crippen LogP contribution is 2.31. The van der Waals surface area contributed by atoms with E-state index >= 15 is 0 Å². The summed E-state index contributed by atoms with van der Waals surface area (Å²) in [5.74, 6) is 0.308. The predicted molar refractivity (Wildman–Crippen MR) is 70.5 cm³/mol. The van der Waals surface area contributed by atoms with Crippen molar-refractivity contribution in [3.8, 4) is 0 Å². The van der Waals surface area contributed by atoms with Gasteiger partial charge in [-0.2, -0.15) is 4.31 Å². The maximum atomic E-state index is 12.6. The average Bonchev–Trinajstić information content (AvgIpc) is 2.85. The third-order valence-corrected chi connectivity index (χ3v) is 6.12. The van der Waals surface area contributed by atoms with E-state index in [1.54, 1.807) is 11.4 Å². The largest absolute Gasteiger partial charge is 0.263 e. The average molecular weight is 337 g/mol. The molecule has 0 bridgehead atoms. The van der Waals surface area contributed by atoms with Crippen LogP contribution >= 0.6 is 15.9 Å². The predicted octanol–water partition coefficient (Wildman–Crippen LogP) is 1.39. The lowest BCUT2D eigenvalue weighted by Crippen LogP contribution is -2.39. The SMILES string of the molecule is CC(C)C1CCCN1S(=O)(=O)c1c(Br)nnn1C. The number of halogens is 1. The molecule has 1 aromatic heterocycles. The molecule has 1 aromatic rings. The Balaban J connectivity index is 2.43. The molecule has 1 saturated heterocycles. The van der Waals surface area contributed by atoms with Gasteiger partial charge in [0.15, 0.2) is 4.60 Å². The molecule has 1 aliphatic rings. The van der Waals surface area contributed by atoms with E-state index in [9.17, 15) is 8.42 Å². The van der Waals surface area contributed by atoms with Gasteiger partial charge in [0.05, 0.1) is 0 Å². The van der Waals surface area contributed by atoms with Gasteiger partial charge in [-0.3, -0.25) is 0 Å². The van der Waals surface area contributed by atoms with Crippen LogP contribution in [0, 0.1) is 5.92 Å². The molecule has 1 aliphatic heterocycles. The maximum Gasteiger partial charge on any atom is 0.263 e. The molecule has 0 aliphatic carbocycles. The van der Waals surface area contributed by atoms with Gasteiger partial charge in [-0.15, -0.1) is 5.10 Å². The van der Waals surface area contributed by atoms with E-state index in [1.807, 2.05) is 0 Å². The van der Waals surface area contributed by atoms with Crippen LogP contribution in [0.3, 0.4) is 0 Å². The molecule has 8 heteroatoms. The van der Waals surface area contributed by atoms with Crippen LogP contribution in [0.4, 0.5) is 0 Å². The lowest BCUT2D eigenvalue weighted by molar-refractivity contribution is 0.313. The zero-order valence-corrected chi connectivity index (χ0v) is 13.1. The van der Waals surface area contributed by atoms with Crippen molar-refractivity contribution in [3.05, 3.63) is 4.60 Å². The zero-order valence-electron chi connectivity index (χ0n) is 10.7. The van der Waals surface area contributed by atoms with E-state index in [0.29, 0.717) is 12.5 Å². The Morgan fingerprint density at radius 3 is 2.61 bits per heavy atom. The number of aromatic nitrogens is 3. The maximum absolute atomic E-state index is 12.6. The second-order valence-electron chi connectivity index (χ2n) is 4.88. The van der Waals surface area contributed by atoms with Crippen molar-refractivity contribution in [2.24, 2.45) is 13.0 Å². The molecule has 0 saturated carbocycles. The van der Waals surface area contributed by atoms with Gasteiger partial charge in [0.1, 0.15) is 0 Å². The minimum atomic E-state index is -3.53. The summed E-state index contributed by atoms with van der Waals surface area (Å²) in [5.41, 5.74) is 0. The summed E-state index contributed by atoms with van der Waals surface area (Å²) in [6.07, 6.45) is 1.82. The first kappa shape index (κ1) is 14.0. The van der Waals surface area contributed by atoms with Gasteiger partial charge < -0.3 is 0 Å². The molecule has 1 atom stereocenters. The first-order chi connectivity index (χ1) is 8.35. The Kier molecular flexibility index (Phi) is 3.80. The minimum absolute atomic E-state index is 0.0665. The highest BCUT2D eigenvalue weighted by atomic mass is 79.9. The van der Waals surface area contributed by atoms with Crippen molar-refractivity contribution in [2.75, 3.05) is 6.54 Å². The fraction of sp³-hybridized carbons (Fsp3) is 0.800. The van der Waals surface area contributed by atoms with Gasteiger partial charge in [0, 0.05) is 19.6 Å². The molecular formula is C10H17BrN4O2S. The molecule has 1 fully saturated rings. The molecule has 18 heavy (non-hydrogen) atoms. The molecular weight excluding hydrogens is 320 g/mol. The number of hydrogen-bond acceptors (Lipinski definition) is 4. The summed E-state index contributed by atoms with van der Waals surface area (Å²) in [6.45, 7) is 4.67. The van der Waals surface area contributed by atoms with E-state index in [2.05, 4.69) is 40.1 Å². The van der Waals surface area contributed by atoms with Gasteiger partial charge in [-0.25, -0.2) is 13.1 Å². The molecule has 0 radical (unpaired) electrons. The van der Waals surface area contributed by atoms with Crippen LogP contribution in [0.25, 0.3) is 0 Å². The van der Waals surface area contributed by atoms with Crippen LogP contribution in [-0.4, -0.2) is 40.3 Å². The quantitative estimate of drug-likeness (QED) is 0.836. The second kappa shape index (κ2) is 4.90. The second-order valence-corrected chi connectivity index (χ2v) is 7.44. The van der Waals surface area contributed by atoms with Crippen LogP contribution < -0.4 is 0 Å². The van der Waals surface area contributed by atoms with Crippen LogP contribution in [0.15, 0.2) is 9.63 Å². The molecule has 0 N–H and O–H groups in total. The number of aryl methyl sites for hydroxylation is 1. The summed E-state index contributed by atoms with van der Waals surface area (Å²) in [6, 6.07) is 0.0665. The van der Waals surface area contributed by atoms with Gasteiger partial charge in [0.2, 0.25) is 5.03 Å². The molecule has 0 spiro atoms. The van der Waals surface area contributed by atoms with E-state index in [1.165, 1.54) is 4.68 Å². The Morgan fingerprint density at radius 1 is 1.44 bits per heavy atom. The molecule has 102 valence electrons. The fourth-order valence-electron chi connectivity index (χ4n) is 2.44. The van der Waals surface area contributed by atoms with Gasteiger partial charge in [-0.1, -0.05) is 19.1 Å². The summed E-state index contributed by atoms with van der Waals surface area (Å²) in [4.78, 5) is 0. The van der Waals surface area contributed by atoms with Crippen molar-refractivity contribution in [1.82, 2.24) is 19.3 Å². The third kappa shape index (κ3) is 2.21. The first-order valence-electron chi connectivity index (χ1n) is 5.92. The van der Waals surface area contributed by atoms with E-state index < -0.39 is 10.0 Å². The molecule has 1 unspecified atom stereocenters. The van der Waals surface area contributed by atoms with Crippen LogP contribution in [0.1, 0.15) is 26.7 Å². The Morgan fingerprint density at radius 2 is 2.11 bits per heavy atom. The lowest BCUT2D eigenvalue weighted by atomic mass is 10.0. The summed E-state index contributed by atoms with van der Waals surface area (Å²) < 4.78 is 28.5. The monoisotopic (exact) mass is 336 g/mol. The molecule has 0 aromatic carbocycles. The smallest absolute Gasteiger partial charge is 0.235 e. The third-order valence-electron chi connectivity index (χ3n) is 3.31. The van der Waals surface area contributed by atoms with Gasteiger partial charge in [-0.05, 0) is 34.7 Å². The zero-order chi connectivity index (χ0) is 13.5. The van der Waals surface area contributed by atoms with Crippen molar-refractivity contribution < 1.29 is 8.42 Å². The fourth-order valence-corrected chi connectivity index (χ4v) is 5.30. The summed E-state index contributed by atoms with van der Waals surface area (Å²) in [5, 5.41) is 7.62. The van der Waals surface area contributed by atoms with E-state index in [0.717, 1.165) is 12.8 Å². The summed E-state index contributed by atoms with van der Waals surface area (Å²) >= 11 is 3.16. The van der Waals surface area contributed by atoms with Crippen LogP contribution in [0.5, 0.6) is 0 Å². The Labute approximate surface area is 116 Å².